The summed E-state index contributed by atoms with van der Waals surface area (Å²) in [7, 11) is 0. The zero-order valence-electron chi connectivity index (χ0n) is 10.1. The standard InChI is InChI=1S/C12H22O3/c1-5-6-7-10(13)8-9-11(14)15-12(2,3)4/h8-10,13H,5-7H2,1-4H3/b9-8+. The van der Waals surface area contributed by atoms with Crippen molar-refractivity contribution < 1.29 is 14.6 Å². The van der Waals surface area contributed by atoms with E-state index in [1.165, 1.54) is 12.2 Å². The molecule has 0 saturated heterocycles. The summed E-state index contributed by atoms with van der Waals surface area (Å²) >= 11 is 0. The van der Waals surface area contributed by atoms with Crippen LogP contribution in [0.4, 0.5) is 0 Å². The third-order valence-corrected chi connectivity index (χ3v) is 1.71. The van der Waals surface area contributed by atoms with Crippen LogP contribution in [-0.2, 0) is 9.53 Å². The van der Waals surface area contributed by atoms with Crippen molar-refractivity contribution in [1.29, 1.82) is 0 Å². The van der Waals surface area contributed by atoms with Gasteiger partial charge in [-0.25, -0.2) is 4.79 Å². The molecule has 0 aromatic carbocycles. The van der Waals surface area contributed by atoms with Gasteiger partial charge in [-0.2, -0.15) is 0 Å². The molecule has 0 aliphatic rings. The minimum atomic E-state index is -0.544. The third kappa shape index (κ3) is 9.47. The van der Waals surface area contributed by atoms with Crippen LogP contribution in [-0.4, -0.2) is 22.8 Å². The molecule has 0 rings (SSSR count). The Morgan fingerprint density at radius 2 is 2.07 bits per heavy atom. The van der Waals surface area contributed by atoms with Gasteiger partial charge in [0.15, 0.2) is 0 Å². The van der Waals surface area contributed by atoms with Gasteiger partial charge in [-0.1, -0.05) is 19.8 Å². The maximum Gasteiger partial charge on any atom is 0.331 e. The third-order valence-electron chi connectivity index (χ3n) is 1.71. The van der Waals surface area contributed by atoms with Crippen LogP contribution >= 0.6 is 0 Å². The molecule has 88 valence electrons. The molecule has 0 fully saturated rings. The molecular weight excluding hydrogens is 192 g/mol. The molecule has 0 aromatic heterocycles. The summed E-state index contributed by atoms with van der Waals surface area (Å²) in [5.41, 5.74) is -0.476. The number of hydrogen-bond acceptors (Lipinski definition) is 3. The first-order valence-corrected chi connectivity index (χ1v) is 5.44. The van der Waals surface area contributed by atoms with E-state index < -0.39 is 17.7 Å². The molecule has 1 N–H and O–H groups in total. The van der Waals surface area contributed by atoms with Gasteiger partial charge < -0.3 is 9.84 Å². The number of carbonyl (C=O) groups is 1. The molecule has 0 aromatic rings. The highest BCUT2D eigenvalue weighted by Gasteiger charge is 2.14. The van der Waals surface area contributed by atoms with Gasteiger partial charge in [0.1, 0.15) is 5.60 Å². The van der Waals surface area contributed by atoms with Gasteiger partial charge in [-0.3, -0.25) is 0 Å². The van der Waals surface area contributed by atoms with E-state index in [2.05, 4.69) is 6.92 Å². The Bertz CT molecular complexity index is 213. The van der Waals surface area contributed by atoms with Gasteiger partial charge in [0.2, 0.25) is 0 Å². The topological polar surface area (TPSA) is 46.5 Å². The molecule has 0 amide bonds. The number of unbranched alkanes of at least 4 members (excludes halogenated alkanes) is 1. The number of hydrogen-bond donors (Lipinski definition) is 1. The fourth-order valence-corrected chi connectivity index (χ4v) is 1.03. The Labute approximate surface area is 92.1 Å². The fourth-order valence-electron chi connectivity index (χ4n) is 1.03. The normalized spacial score (nSPS) is 14.2. The first-order chi connectivity index (χ1) is 6.85. The lowest BCUT2D eigenvalue weighted by Gasteiger charge is -2.18. The number of carbonyl (C=O) groups excluding carboxylic acids is 1. The van der Waals surface area contributed by atoms with Crippen LogP contribution < -0.4 is 0 Å². The number of esters is 1. The maximum absolute atomic E-state index is 11.2. The second-order valence-corrected chi connectivity index (χ2v) is 4.60. The predicted molar refractivity (Wildman–Crippen MR) is 60.5 cm³/mol. The summed E-state index contributed by atoms with van der Waals surface area (Å²) in [6.07, 6.45) is 4.93. The summed E-state index contributed by atoms with van der Waals surface area (Å²) in [5, 5.41) is 9.43. The number of rotatable bonds is 5. The van der Waals surface area contributed by atoms with E-state index in [1.54, 1.807) is 0 Å². The van der Waals surface area contributed by atoms with Crippen LogP contribution in [0.3, 0.4) is 0 Å². The van der Waals surface area contributed by atoms with Crippen LogP contribution in [0, 0.1) is 0 Å². The van der Waals surface area contributed by atoms with Gasteiger partial charge in [0.05, 0.1) is 6.10 Å². The van der Waals surface area contributed by atoms with Crippen molar-refractivity contribution in [3.63, 3.8) is 0 Å². The van der Waals surface area contributed by atoms with Crippen LogP contribution in [0.2, 0.25) is 0 Å². The Morgan fingerprint density at radius 3 is 2.53 bits per heavy atom. The van der Waals surface area contributed by atoms with Gasteiger partial charge in [0.25, 0.3) is 0 Å². The van der Waals surface area contributed by atoms with E-state index in [0.29, 0.717) is 6.42 Å². The van der Waals surface area contributed by atoms with E-state index in [0.717, 1.165) is 12.8 Å². The average molecular weight is 214 g/mol. The Morgan fingerprint density at radius 1 is 1.47 bits per heavy atom. The molecule has 0 bridgehead atoms. The molecule has 15 heavy (non-hydrogen) atoms. The number of ether oxygens (including phenoxy) is 1. The monoisotopic (exact) mass is 214 g/mol. The quantitative estimate of drug-likeness (QED) is 0.565. The number of aliphatic hydroxyl groups excluding tert-OH is 1. The van der Waals surface area contributed by atoms with Crippen LogP contribution in [0.15, 0.2) is 12.2 Å². The maximum atomic E-state index is 11.2. The average Bonchev–Trinajstić information content (AvgIpc) is 2.08. The zero-order chi connectivity index (χ0) is 11.9. The van der Waals surface area contributed by atoms with Crippen LogP contribution in [0.5, 0.6) is 0 Å². The SMILES string of the molecule is CCCCC(O)/C=C/C(=O)OC(C)(C)C. The molecule has 0 aliphatic carbocycles. The van der Waals surface area contributed by atoms with E-state index in [1.807, 2.05) is 20.8 Å². The smallest absolute Gasteiger partial charge is 0.331 e. The van der Waals surface area contributed by atoms with Gasteiger partial charge in [-0.15, -0.1) is 0 Å². The van der Waals surface area contributed by atoms with Gasteiger partial charge >= 0.3 is 5.97 Å². The summed E-state index contributed by atoms with van der Waals surface area (Å²) in [6.45, 7) is 7.50. The second kappa shape index (κ2) is 6.62. The van der Waals surface area contributed by atoms with Crippen molar-refractivity contribution in [3.05, 3.63) is 12.2 Å². The molecule has 0 heterocycles. The zero-order valence-corrected chi connectivity index (χ0v) is 10.1. The summed E-state index contributed by atoms with van der Waals surface area (Å²) < 4.78 is 5.06. The summed E-state index contributed by atoms with van der Waals surface area (Å²) in [6, 6.07) is 0. The van der Waals surface area contributed by atoms with E-state index >= 15 is 0 Å². The highest BCUT2D eigenvalue weighted by atomic mass is 16.6. The van der Waals surface area contributed by atoms with Crippen LogP contribution in [0.1, 0.15) is 47.0 Å². The Hall–Kier alpha value is -0.830. The van der Waals surface area contributed by atoms with Crippen molar-refractivity contribution >= 4 is 5.97 Å². The van der Waals surface area contributed by atoms with E-state index in [-0.39, 0.29) is 0 Å². The van der Waals surface area contributed by atoms with Crippen molar-refractivity contribution in [2.24, 2.45) is 0 Å². The lowest BCUT2D eigenvalue weighted by atomic mass is 10.1. The van der Waals surface area contributed by atoms with Crippen molar-refractivity contribution in [3.8, 4) is 0 Å². The van der Waals surface area contributed by atoms with Crippen molar-refractivity contribution in [2.75, 3.05) is 0 Å². The molecule has 0 aliphatic heterocycles. The predicted octanol–water partition coefficient (Wildman–Crippen LogP) is 2.44. The molecule has 0 spiro atoms. The summed E-state index contributed by atoms with van der Waals surface area (Å²) in [4.78, 5) is 11.2. The molecule has 0 saturated carbocycles. The highest BCUT2D eigenvalue weighted by molar-refractivity contribution is 5.82. The largest absolute Gasteiger partial charge is 0.457 e. The molecule has 1 atom stereocenters. The molecule has 1 unspecified atom stereocenters. The summed E-state index contributed by atoms with van der Waals surface area (Å²) in [5.74, 6) is -0.405. The first kappa shape index (κ1) is 14.2. The van der Waals surface area contributed by atoms with E-state index in [4.69, 9.17) is 4.74 Å². The molecular formula is C12H22O3. The van der Waals surface area contributed by atoms with E-state index in [9.17, 15) is 9.90 Å². The van der Waals surface area contributed by atoms with Gasteiger partial charge in [0, 0.05) is 6.08 Å². The molecule has 3 heteroatoms. The fraction of sp³-hybridized carbons (Fsp3) is 0.750. The minimum Gasteiger partial charge on any atom is -0.457 e. The molecule has 3 nitrogen and oxygen atoms in total. The lowest BCUT2D eigenvalue weighted by Crippen LogP contribution is -2.22. The Balaban J connectivity index is 3.90. The Kier molecular flexibility index (Phi) is 6.25. The van der Waals surface area contributed by atoms with Crippen LogP contribution in [0.25, 0.3) is 0 Å². The minimum absolute atomic E-state index is 0.405. The molecule has 0 radical (unpaired) electrons. The number of aliphatic hydroxyl groups is 1. The highest BCUT2D eigenvalue weighted by Crippen LogP contribution is 2.08. The second-order valence-electron chi connectivity index (χ2n) is 4.60. The van der Waals surface area contributed by atoms with Crippen molar-refractivity contribution in [1.82, 2.24) is 0 Å². The first-order valence-electron chi connectivity index (χ1n) is 5.44. The van der Waals surface area contributed by atoms with Crippen molar-refractivity contribution in [2.45, 2.75) is 58.7 Å². The lowest BCUT2D eigenvalue weighted by molar-refractivity contribution is -0.148. The van der Waals surface area contributed by atoms with Gasteiger partial charge in [-0.05, 0) is 33.3 Å².